The number of fused-ring (bicyclic) bond motifs is 3. The van der Waals surface area contributed by atoms with Crippen LogP contribution < -0.4 is 0 Å². The Labute approximate surface area is 245 Å². The van der Waals surface area contributed by atoms with E-state index >= 15 is 0 Å². The van der Waals surface area contributed by atoms with Gasteiger partial charge in [0, 0.05) is 0 Å². The summed E-state index contributed by atoms with van der Waals surface area (Å²) in [6, 6.07) is 24.3. The molecular formula is C39H50Hf. The summed E-state index contributed by atoms with van der Waals surface area (Å²) in [6.45, 7) is 21.0. The van der Waals surface area contributed by atoms with Crippen LogP contribution in [0.1, 0.15) is 99.4 Å². The van der Waals surface area contributed by atoms with Crippen molar-refractivity contribution in [2.75, 3.05) is 0 Å². The molecule has 2 aliphatic carbocycles. The molecule has 0 saturated heterocycles. The number of hydrogen-bond acceptors (Lipinski definition) is 0. The number of allylic oxidation sites excluding steroid dienone is 4. The monoisotopic (exact) mass is 698 g/mol. The van der Waals surface area contributed by atoms with Crippen LogP contribution in [0.2, 0.25) is 13.0 Å². The third kappa shape index (κ3) is 5.06. The molecule has 5 rings (SSSR count). The maximum atomic E-state index is 2.81. The van der Waals surface area contributed by atoms with Crippen LogP contribution >= 0.6 is 0 Å². The van der Waals surface area contributed by atoms with Crippen LogP contribution in [0.5, 0.6) is 0 Å². The molecule has 0 spiro atoms. The second kappa shape index (κ2) is 9.45. The van der Waals surface area contributed by atoms with Crippen LogP contribution in [0.25, 0.3) is 11.1 Å². The van der Waals surface area contributed by atoms with Gasteiger partial charge in [0.2, 0.25) is 0 Å². The Bertz CT molecular complexity index is 1500. The van der Waals surface area contributed by atoms with Crippen molar-refractivity contribution >= 4 is 3.76 Å². The molecule has 0 unspecified atom stereocenters. The van der Waals surface area contributed by atoms with Crippen LogP contribution in [0.3, 0.4) is 0 Å². The molecule has 1 heteroatoms. The summed E-state index contributed by atoms with van der Waals surface area (Å²) >= 11 is -4.05. The van der Waals surface area contributed by atoms with E-state index in [0.29, 0.717) is 7.35 Å². The zero-order valence-corrected chi connectivity index (χ0v) is 30.4. The van der Waals surface area contributed by atoms with Gasteiger partial charge in [-0.3, -0.25) is 0 Å². The molecule has 0 aliphatic heterocycles. The van der Waals surface area contributed by atoms with Gasteiger partial charge in [0.25, 0.3) is 0 Å². The molecule has 210 valence electrons. The van der Waals surface area contributed by atoms with Crippen LogP contribution in [-0.2, 0) is 34.3 Å². The van der Waals surface area contributed by atoms with Gasteiger partial charge in [-0.05, 0) is 0 Å². The van der Waals surface area contributed by atoms with Gasteiger partial charge in [0.05, 0.1) is 0 Å². The molecule has 0 bridgehead atoms. The molecular weight excluding hydrogens is 647 g/mol. The quantitative estimate of drug-likeness (QED) is 0.239. The summed E-state index contributed by atoms with van der Waals surface area (Å²) < 4.78 is 9.18. The Hall–Kier alpha value is -2.12. The van der Waals surface area contributed by atoms with Crippen LogP contribution in [-0.4, -0.2) is 3.76 Å². The van der Waals surface area contributed by atoms with E-state index in [4.69, 9.17) is 0 Å². The summed E-state index contributed by atoms with van der Waals surface area (Å²) in [4.78, 5) is 0. The van der Waals surface area contributed by atoms with E-state index in [9.17, 15) is 0 Å². The molecule has 0 radical (unpaired) electrons. The topological polar surface area (TPSA) is 0 Å². The van der Waals surface area contributed by atoms with Gasteiger partial charge in [-0.1, -0.05) is 0 Å². The van der Waals surface area contributed by atoms with Gasteiger partial charge in [0.1, 0.15) is 0 Å². The van der Waals surface area contributed by atoms with Crippen LogP contribution in [0, 0.1) is 0 Å². The molecule has 0 heterocycles. The van der Waals surface area contributed by atoms with Gasteiger partial charge in [-0.15, -0.1) is 0 Å². The molecule has 0 N–H and O–H groups in total. The molecule has 40 heavy (non-hydrogen) atoms. The average molecular weight is 697 g/mol. The van der Waals surface area contributed by atoms with Crippen molar-refractivity contribution in [1.82, 2.24) is 0 Å². The Morgan fingerprint density at radius 2 is 0.950 bits per heavy atom. The van der Waals surface area contributed by atoms with E-state index in [-0.39, 0.29) is 16.2 Å². The minimum atomic E-state index is -4.05. The number of benzene rings is 3. The number of hydrogen-bond donors (Lipinski definition) is 0. The summed E-state index contributed by atoms with van der Waals surface area (Å²) in [7, 11) is 0. The molecule has 0 amide bonds. The molecule has 3 aromatic rings. The minimum absolute atomic E-state index is 0.110. The standard InChI is InChI=1S/C21H25.C11H14.C5H5.2CH3.Hf/c1-20(2,3)16-7-9-18-14(12-16)11-15-13-17(21(4,5)6)8-10-19(15)18;1-9-5-7-10(8-6-9)11(2,3)4;1-2-4-5-3-1;;;/h7-13H,1-6H3;1,5-8H,2-4H3;1-5H;2*1H3;. The maximum absolute atomic E-state index is 4.05. The molecule has 0 aromatic heterocycles. The fourth-order valence-corrected chi connectivity index (χ4v) is 28.3. The Kier molecular flexibility index (Phi) is 6.94. The predicted octanol–water partition coefficient (Wildman–Crippen LogP) is 11.2. The third-order valence-electron chi connectivity index (χ3n) is 9.86. The normalized spacial score (nSPS) is 16.4. The van der Waals surface area contributed by atoms with Gasteiger partial charge in [0.15, 0.2) is 0 Å². The Morgan fingerprint density at radius 1 is 0.550 bits per heavy atom. The first-order chi connectivity index (χ1) is 18.4. The molecule has 0 atom stereocenters. The van der Waals surface area contributed by atoms with Crippen molar-refractivity contribution in [1.29, 1.82) is 0 Å². The van der Waals surface area contributed by atoms with E-state index in [1.54, 1.807) is 11.1 Å². The summed E-state index contributed by atoms with van der Waals surface area (Å²) in [5, 5.41) is 0. The van der Waals surface area contributed by atoms with Crippen molar-refractivity contribution in [2.45, 2.75) is 95.3 Å². The predicted molar refractivity (Wildman–Crippen MR) is 175 cm³/mol. The van der Waals surface area contributed by atoms with E-state index in [1.807, 2.05) is 0 Å². The summed E-state index contributed by atoms with van der Waals surface area (Å²) in [6.07, 6.45) is 9.60. The summed E-state index contributed by atoms with van der Waals surface area (Å²) in [5.41, 5.74) is 12.0. The molecule has 3 aromatic carbocycles. The second-order valence-electron chi connectivity index (χ2n) is 16.6. The fourth-order valence-electron chi connectivity index (χ4n) is 7.19. The third-order valence-corrected chi connectivity index (χ3v) is 32.0. The first kappa shape index (κ1) is 29.4. The zero-order chi connectivity index (χ0) is 29.3. The van der Waals surface area contributed by atoms with Gasteiger partial charge >= 0.3 is 247 Å². The molecule has 0 nitrogen and oxygen atoms in total. The fraction of sp³-hybridized carbons (Fsp3) is 0.410. The van der Waals surface area contributed by atoms with Crippen molar-refractivity contribution in [3.8, 4) is 11.1 Å². The Morgan fingerprint density at radius 3 is 1.35 bits per heavy atom. The van der Waals surface area contributed by atoms with Crippen molar-refractivity contribution in [3.05, 3.63) is 118 Å². The Balaban J connectivity index is 1.85. The van der Waals surface area contributed by atoms with E-state index in [2.05, 4.69) is 160 Å². The molecule has 0 saturated carbocycles. The van der Waals surface area contributed by atoms with E-state index < -0.39 is 18.0 Å². The number of rotatable bonds is 3. The van der Waals surface area contributed by atoms with Crippen LogP contribution in [0.4, 0.5) is 0 Å². The average Bonchev–Trinajstić information content (AvgIpc) is 3.50. The van der Waals surface area contributed by atoms with Gasteiger partial charge < -0.3 is 0 Å². The van der Waals surface area contributed by atoms with Crippen molar-refractivity contribution in [2.24, 2.45) is 0 Å². The van der Waals surface area contributed by atoms with Crippen molar-refractivity contribution < 1.29 is 18.0 Å². The second-order valence-corrected chi connectivity index (χ2v) is 41.7. The first-order valence-electron chi connectivity index (χ1n) is 15.2. The molecule has 0 fully saturated rings. The van der Waals surface area contributed by atoms with Crippen molar-refractivity contribution in [3.63, 3.8) is 0 Å². The van der Waals surface area contributed by atoms with Crippen LogP contribution in [0.15, 0.2) is 85.0 Å². The van der Waals surface area contributed by atoms with E-state index in [0.717, 1.165) is 0 Å². The zero-order valence-electron chi connectivity index (χ0n) is 26.8. The summed E-state index contributed by atoms with van der Waals surface area (Å²) in [5.74, 6) is 0. The SMILES string of the molecule is CC(C)(C)c1ccc([CH]=[Hf]([CH3])([CH3])([CH]2C=CC=C2)[CH]2c3cc(C(C)(C)C)ccc3-c3ccc(C(C)(C)C)cc32)cc1. The van der Waals surface area contributed by atoms with E-state index in [1.165, 1.54) is 33.4 Å². The van der Waals surface area contributed by atoms with Gasteiger partial charge in [-0.2, -0.15) is 0 Å². The molecule has 2 aliphatic rings. The van der Waals surface area contributed by atoms with Gasteiger partial charge in [-0.25, -0.2) is 0 Å². The first-order valence-corrected chi connectivity index (χ1v) is 28.6.